The van der Waals surface area contributed by atoms with Crippen LogP contribution in [-0.2, 0) is 0 Å². The van der Waals surface area contributed by atoms with Crippen molar-refractivity contribution >= 4 is 145 Å². The number of benzene rings is 12. The van der Waals surface area contributed by atoms with Gasteiger partial charge in [-0.05, 0) is 144 Å². The van der Waals surface area contributed by atoms with E-state index in [1.54, 1.807) is 0 Å². The van der Waals surface area contributed by atoms with E-state index in [0.717, 1.165) is 149 Å². The number of aromatic amines is 4. The number of nitrogens with one attached hydrogen (secondary N) is 4. The highest BCUT2D eigenvalue weighted by Crippen LogP contribution is 2.44. The summed E-state index contributed by atoms with van der Waals surface area (Å²) in [6.45, 7) is 0. The molecule has 19 rings (SSSR count). The SMILES string of the molecule is c1ccc(-c2cccc(-n3c4ccccc4c4cc(N(c5nc6ccccc6[nH]5)c5nc6ccc(-c7ccc8c(c7)oc7c(-n9c%10ccccc%10c%10ccc(N(c%11nc%12ccccc%12[nH]%11)c%11nc%12ccccc%12[nH]%11)cc%109)cccc78)cc6[nH]5)ccc43)c2)cc1. The number of fused-ring (bicyclic) bond motifs is 13. The van der Waals surface area contributed by atoms with E-state index < -0.39 is 0 Å². The predicted octanol–water partition coefficient (Wildman–Crippen LogP) is 19.6. The van der Waals surface area contributed by atoms with Gasteiger partial charge in [0.05, 0.1) is 83.3 Å². The Balaban J connectivity index is 0.713. The summed E-state index contributed by atoms with van der Waals surface area (Å²) in [7, 11) is 0. The first-order valence-corrected chi connectivity index (χ1v) is 29.7. The second kappa shape index (κ2) is 19.0. The Hall–Kier alpha value is -12.5. The molecule has 7 aromatic heterocycles. The van der Waals surface area contributed by atoms with E-state index in [-0.39, 0.29) is 0 Å². The molecule has 12 aromatic carbocycles. The van der Waals surface area contributed by atoms with E-state index >= 15 is 0 Å². The minimum absolute atomic E-state index is 0.629. The highest BCUT2D eigenvalue weighted by molar-refractivity contribution is 6.14. The van der Waals surface area contributed by atoms with Crippen LogP contribution in [0.4, 0.5) is 35.2 Å². The van der Waals surface area contributed by atoms with Gasteiger partial charge in [0.2, 0.25) is 23.8 Å². The Morgan fingerprint density at radius 2 is 0.775 bits per heavy atom. The first-order chi connectivity index (χ1) is 44.1. The summed E-state index contributed by atoms with van der Waals surface area (Å²) < 4.78 is 11.8. The molecule has 418 valence electrons. The van der Waals surface area contributed by atoms with Crippen molar-refractivity contribution in [3.63, 3.8) is 0 Å². The molecule has 19 aromatic rings. The van der Waals surface area contributed by atoms with Gasteiger partial charge in [-0.2, -0.15) is 0 Å². The number of furan rings is 1. The zero-order valence-corrected chi connectivity index (χ0v) is 47.4. The molecule has 0 aliphatic carbocycles. The summed E-state index contributed by atoms with van der Waals surface area (Å²) in [5, 5.41) is 6.55. The number of hydrogen-bond donors (Lipinski definition) is 4. The molecular weight excluding hydrogens is 1100 g/mol. The maximum atomic E-state index is 7.10. The fourth-order valence-electron chi connectivity index (χ4n) is 13.4. The molecule has 0 unspecified atom stereocenters. The Morgan fingerprint density at radius 3 is 1.46 bits per heavy atom. The second-order valence-electron chi connectivity index (χ2n) is 22.7. The van der Waals surface area contributed by atoms with Crippen molar-refractivity contribution in [2.45, 2.75) is 0 Å². The second-order valence-corrected chi connectivity index (χ2v) is 22.7. The number of para-hydroxylation sites is 9. The molecule has 7 heterocycles. The van der Waals surface area contributed by atoms with Crippen molar-refractivity contribution < 1.29 is 4.42 Å². The predicted molar refractivity (Wildman–Crippen MR) is 361 cm³/mol. The minimum atomic E-state index is 0.629. The van der Waals surface area contributed by atoms with Crippen LogP contribution in [-0.4, -0.2) is 49.0 Å². The number of anilines is 6. The van der Waals surface area contributed by atoms with Crippen LogP contribution in [0.3, 0.4) is 0 Å². The van der Waals surface area contributed by atoms with Crippen molar-refractivity contribution in [1.29, 1.82) is 0 Å². The Bertz CT molecular complexity index is 5880. The number of hydrogen-bond acceptors (Lipinski definition) is 7. The topological polar surface area (TPSA) is 144 Å². The average Bonchev–Trinajstić information content (AvgIpc) is 1.65. The van der Waals surface area contributed by atoms with Crippen LogP contribution in [0, 0.1) is 0 Å². The van der Waals surface area contributed by atoms with E-state index in [9.17, 15) is 0 Å². The smallest absolute Gasteiger partial charge is 0.215 e. The van der Waals surface area contributed by atoms with Gasteiger partial charge in [-0.1, -0.05) is 146 Å². The van der Waals surface area contributed by atoms with Gasteiger partial charge in [-0.15, -0.1) is 0 Å². The molecule has 0 saturated carbocycles. The van der Waals surface area contributed by atoms with Gasteiger partial charge in [0, 0.05) is 38.0 Å². The van der Waals surface area contributed by atoms with Gasteiger partial charge in [-0.3, -0.25) is 0 Å². The molecule has 13 heteroatoms. The summed E-state index contributed by atoms with van der Waals surface area (Å²) in [6, 6.07) is 93.4. The first-order valence-electron chi connectivity index (χ1n) is 29.7. The molecule has 0 aliphatic heterocycles. The molecule has 0 radical (unpaired) electrons. The van der Waals surface area contributed by atoms with Gasteiger partial charge < -0.3 is 33.5 Å². The number of imidazole rings is 4. The van der Waals surface area contributed by atoms with E-state index in [1.165, 1.54) is 5.56 Å². The largest absolute Gasteiger partial charge is 0.454 e. The third kappa shape index (κ3) is 7.68. The highest BCUT2D eigenvalue weighted by atomic mass is 16.3. The fourth-order valence-corrected chi connectivity index (χ4v) is 13.4. The van der Waals surface area contributed by atoms with E-state index in [4.69, 9.17) is 24.4 Å². The Morgan fingerprint density at radius 1 is 0.292 bits per heavy atom. The molecule has 13 nitrogen and oxygen atoms in total. The van der Waals surface area contributed by atoms with E-state index in [0.29, 0.717) is 23.8 Å². The summed E-state index contributed by atoms with van der Waals surface area (Å²) in [4.78, 5) is 39.4. The minimum Gasteiger partial charge on any atom is -0.454 e. The molecule has 0 amide bonds. The molecular formula is C76H48N12O. The van der Waals surface area contributed by atoms with Crippen molar-refractivity contribution in [2.75, 3.05) is 9.80 Å². The zero-order chi connectivity index (χ0) is 58.3. The highest BCUT2D eigenvalue weighted by Gasteiger charge is 2.26. The molecule has 89 heavy (non-hydrogen) atoms. The molecule has 0 spiro atoms. The number of aromatic nitrogens is 10. The summed E-state index contributed by atoms with van der Waals surface area (Å²) in [6.07, 6.45) is 0. The van der Waals surface area contributed by atoms with E-state index in [2.05, 4.69) is 239 Å². The fraction of sp³-hybridized carbons (Fsp3) is 0. The summed E-state index contributed by atoms with van der Waals surface area (Å²) >= 11 is 0. The van der Waals surface area contributed by atoms with Crippen LogP contribution in [0.25, 0.3) is 143 Å². The van der Waals surface area contributed by atoms with Gasteiger partial charge in [0.25, 0.3) is 0 Å². The third-order valence-electron chi connectivity index (χ3n) is 17.5. The number of H-pyrrole nitrogens is 4. The quantitative estimate of drug-likeness (QED) is 0.107. The molecule has 0 fully saturated rings. The maximum Gasteiger partial charge on any atom is 0.215 e. The number of nitrogens with zero attached hydrogens (tertiary/aromatic N) is 8. The Kier molecular flexibility index (Phi) is 10.4. The summed E-state index contributed by atoms with van der Waals surface area (Å²) in [5.74, 6) is 2.57. The van der Waals surface area contributed by atoms with Crippen LogP contribution >= 0.6 is 0 Å². The lowest BCUT2D eigenvalue weighted by Crippen LogP contribution is -2.13. The molecule has 0 saturated heterocycles. The van der Waals surface area contributed by atoms with Crippen molar-refractivity contribution in [1.82, 2.24) is 49.0 Å². The van der Waals surface area contributed by atoms with Crippen LogP contribution in [0.2, 0.25) is 0 Å². The van der Waals surface area contributed by atoms with Crippen molar-refractivity contribution in [3.8, 4) is 33.6 Å². The van der Waals surface area contributed by atoms with Gasteiger partial charge >= 0.3 is 0 Å². The average molecular weight is 1150 g/mol. The van der Waals surface area contributed by atoms with Crippen LogP contribution in [0.5, 0.6) is 0 Å². The Labute approximate surface area is 506 Å². The first kappa shape index (κ1) is 48.8. The standard InChI is InChI=1S/C76H48N12O/c1-2-16-45(17-3-1)46-18-14-19-49(40-46)85-66-29-12-5-21-53(66)57-43-50(35-39-68(57)85)86(73-77-58-23-6-7-24-59(58)78-73)76-83-64-38-33-47(41-65(64)84-76)48-32-36-55-56-22-15-31-69(72(56)89-71(55)42-48)88-67-30-13-4-20-52(67)54-37-34-51(44-70(54)88)87(74-79-60-25-8-9-26-61(60)80-74)75-81-62-27-10-11-28-63(62)82-75/h1-44H,(H,77,78)(H,79,80)(H,81,82)(H,83,84). The monoisotopic (exact) mass is 1140 g/mol. The van der Waals surface area contributed by atoms with E-state index in [1.807, 2.05) is 66.7 Å². The molecule has 0 atom stereocenters. The van der Waals surface area contributed by atoms with Gasteiger partial charge in [0.15, 0.2) is 5.58 Å². The summed E-state index contributed by atoms with van der Waals surface area (Å²) in [5.41, 5.74) is 21.1. The molecule has 0 bridgehead atoms. The van der Waals surface area contributed by atoms with Gasteiger partial charge in [0.1, 0.15) is 5.58 Å². The lowest BCUT2D eigenvalue weighted by molar-refractivity contribution is 0.666. The van der Waals surface area contributed by atoms with Crippen LogP contribution in [0.1, 0.15) is 0 Å². The lowest BCUT2D eigenvalue weighted by atomic mass is 10.0. The van der Waals surface area contributed by atoms with Crippen molar-refractivity contribution in [2.24, 2.45) is 0 Å². The zero-order valence-electron chi connectivity index (χ0n) is 47.4. The number of rotatable bonds is 10. The maximum absolute atomic E-state index is 7.10. The normalized spacial score (nSPS) is 12.0. The van der Waals surface area contributed by atoms with Crippen LogP contribution in [0.15, 0.2) is 271 Å². The lowest BCUT2D eigenvalue weighted by Gasteiger charge is -2.20. The molecule has 4 N–H and O–H groups in total. The third-order valence-corrected chi connectivity index (χ3v) is 17.5. The van der Waals surface area contributed by atoms with Crippen LogP contribution < -0.4 is 9.80 Å². The van der Waals surface area contributed by atoms with Crippen molar-refractivity contribution in [3.05, 3.63) is 267 Å². The van der Waals surface area contributed by atoms with Gasteiger partial charge in [-0.25, -0.2) is 29.7 Å². The molecule has 0 aliphatic rings.